The molecule has 1 saturated heterocycles. The zero-order chi connectivity index (χ0) is 11.5. The third-order valence-electron chi connectivity index (χ3n) is 3.02. The van der Waals surface area contributed by atoms with Crippen LogP contribution < -0.4 is 16.4 Å². The van der Waals surface area contributed by atoms with E-state index in [1.807, 2.05) is 19.1 Å². The Morgan fingerprint density at radius 3 is 3.00 bits per heavy atom. The maximum absolute atomic E-state index is 11.2. The van der Waals surface area contributed by atoms with E-state index < -0.39 is 0 Å². The summed E-state index contributed by atoms with van der Waals surface area (Å²) in [5, 5.41) is 6.73. The van der Waals surface area contributed by atoms with Crippen molar-refractivity contribution in [1.82, 2.24) is 5.32 Å². The Hall–Kier alpha value is -1.55. The number of hydrogen-bond donors (Lipinski definition) is 3. The molecule has 1 unspecified atom stereocenters. The van der Waals surface area contributed by atoms with Gasteiger partial charge in [-0.1, -0.05) is 6.07 Å². The predicted molar refractivity (Wildman–Crippen MR) is 64.6 cm³/mol. The number of amides is 1. The van der Waals surface area contributed by atoms with Gasteiger partial charge in [-0.2, -0.15) is 0 Å². The van der Waals surface area contributed by atoms with Crippen LogP contribution in [0.4, 0.5) is 5.69 Å². The molecule has 1 aromatic rings. The van der Waals surface area contributed by atoms with E-state index in [0.717, 1.165) is 30.8 Å². The minimum Gasteiger partial charge on any atom is -0.381 e. The molecule has 4 N–H and O–H groups in total. The number of nitrogens with one attached hydrogen (secondary N) is 2. The summed E-state index contributed by atoms with van der Waals surface area (Å²) in [6.07, 6.45) is 1.11. The molecule has 4 nitrogen and oxygen atoms in total. The van der Waals surface area contributed by atoms with E-state index in [0.29, 0.717) is 11.6 Å². The highest BCUT2D eigenvalue weighted by Gasteiger charge is 2.16. The van der Waals surface area contributed by atoms with Gasteiger partial charge >= 0.3 is 0 Å². The fourth-order valence-electron chi connectivity index (χ4n) is 2.06. The van der Waals surface area contributed by atoms with Crippen LogP contribution in [0.3, 0.4) is 0 Å². The van der Waals surface area contributed by atoms with Crippen LogP contribution >= 0.6 is 0 Å². The molecule has 86 valence electrons. The van der Waals surface area contributed by atoms with E-state index in [4.69, 9.17) is 5.73 Å². The van der Waals surface area contributed by atoms with Crippen molar-refractivity contribution < 1.29 is 4.79 Å². The highest BCUT2D eigenvalue weighted by atomic mass is 16.1. The van der Waals surface area contributed by atoms with E-state index in [1.54, 1.807) is 6.07 Å². The lowest BCUT2D eigenvalue weighted by Gasteiger charge is -2.16. The van der Waals surface area contributed by atoms with Crippen molar-refractivity contribution in [3.05, 3.63) is 29.3 Å². The lowest BCUT2D eigenvalue weighted by molar-refractivity contribution is 0.1000. The molecule has 1 aliphatic rings. The summed E-state index contributed by atoms with van der Waals surface area (Å²) in [7, 11) is 0. The SMILES string of the molecule is Cc1c(NC2CCNC2)cccc1C(N)=O. The molecule has 1 aromatic carbocycles. The van der Waals surface area contributed by atoms with E-state index >= 15 is 0 Å². The van der Waals surface area contributed by atoms with E-state index in [2.05, 4.69) is 10.6 Å². The lowest BCUT2D eigenvalue weighted by atomic mass is 10.1. The number of carbonyl (C=O) groups excluding carboxylic acids is 1. The van der Waals surface area contributed by atoms with Gasteiger partial charge in [0.1, 0.15) is 0 Å². The van der Waals surface area contributed by atoms with Crippen molar-refractivity contribution in [2.75, 3.05) is 18.4 Å². The first-order valence-corrected chi connectivity index (χ1v) is 5.55. The number of rotatable bonds is 3. The molecule has 1 atom stereocenters. The van der Waals surface area contributed by atoms with Gasteiger partial charge in [-0.05, 0) is 37.6 Å². The fraction of sp³-hybridized carbons (Fsp3) is 0.417. The molecule has 0 aromatic heterocycles. The van der Waals surface area contributed by atoms with Gasteiger partial charge in [0, 0.05) is 23.8 Å². The monoisotopic (exact) mass is 219 g/mol. The second-order valence-electron chi connectivity index (χ2n) is 4.18. The van der Waals surface area contributed by atoms with Gasteiger partial charge < -0.3 is 16.4 Å². The van der Waals surface area contributed by atoms with Gasteiger partial charge in [-0.25, -0.2) is 0 Å². The van der Waals surface area contributed by atoms with Gasteiger partial charge in [-0.15, -0.1) is 0 Å². The number of hydrogen-bond acceptors (Lipinski definition) is 3. The number of carbonyl (C=O) groups is 1. The quantitative estimate of drug-likeness (QED) is 0.706. The zero-order valence-corrected chi connectivity index (χ0v) is 9.42. The van der Waals surface area contributed by atoms with Crippen molar-refractivity contribution in [3.63, 3.8) is 0 Å². The van der Waals surface area contributed by atoms with Crippen LogP contribution in [0.15, 0.2) is 18.2 Å². The number of anilines is 1. The summed E-state index contributed by atoms with van der Waals surface area (Å²) >= 11 is 0. The van der Waals surface area contributed by atoms with Crippen molar-refractivity contribution in [3.8, 4) is 0 Å². The van der Waals surface area contributed by atoms with Crippen molar-refractivity contribution >= 4 is 11.6 Å². The predicted octanol–water partition coefficient (Wildman–Crippen LogP) is 0.868. The summed E-state index contributed by atoms with van der Waals surface area (Å²) in [5.74, 6) is -0.370. The summed E-state index contributed by atoms with van der Waals surface area (Å²) in [6, 6.07) is 6.05. The Bertz CT molecular complexity index is 397. The summed E-state index contributed by atoms with van der Waals surface area (Å²) in [6.45, 7) is 3.94. The summed E-state index contributed by atoms with van der Waals surface area (Å²) in [5.41, 5.74) is 7.84. The largest absolute Gasteiger partial charge is 0.381 e. The highest BCUT2D eigenvalue weighted by molar-refractivity contribution is 5.95. The Morgan fingerprint density at radius 2 is 2.38 bits per heavy atom. The smallest absolute Gasteiger partial charge is 0.249 e. The molecule has 1 aliphatic heterocycles. The van der Waals surface area contributed by atoms with Gasteiger partial charge in [0.15, 0.2) is 0 Å². The highest BCUT2D eigenvalue weighted by Crippen LogP contribution is 2.20. The molecule has 1 amide bonds. The first-order valence-electron chi connectivity index (χ1n) is 5.55. The van der Waals surface area contributed by atoms with Gasteiger partial charge in [0.25, 0.3) is 0 Å². The molecular weight excluding hydrogens is 202 g/mol. The average Bonchev–Trinajstić information content (AvgIpc) is 2.73. The van der Waals surface area contributed by atoms with Gasteiger partial charge in [0.05, 0.1) is 0 Å². The topological polar surface area (TPSA) is 67.2 Å². The normalized spacial score (nSPS) is 19.7. The molecule has 0 aliphatic carbocycles. The standard InChI is InChI=1S/C12H17N3O/c1-8-10(12(13)16)3-2-4-11(8)15-9-5-6-14-7-9/h2-4,9,14-15H,5-7H2,1H3,(H2,13,16). The molecule has 0 spiro atoms. The van der Waals surface area contributed by atoms with Crippen LogP contribution in [-0.4, -0.2) is 25.0 Å². The van der Waals surface area contributed by atoms with E-state index in [1.165, 1.54) is 0 Å². The van der Waals surface area contributed by atoms with Crippen LogP contribution in [0.1, 0.15) is 22.3 Å². The Labute approximate surface area is 95.2 Å². The molecule has 2 rings (SSSR count). The van der Waals surface area contributed by atoms with Crippen molar-refractivity contribution in [2.24, 2.45) is 5.73 Å². The number of primary amides is 1. The van der Waals surface area contributed by atoms with Crippen LogP contribution in [0.2, 0.25) is 0 Å². The van der Waals surface area contributed by atoms with E-state index in [9.17, 15) is 4.79 Å². The van der Waals surface area contributed by atoms with E-state index in [-0.39, 0.29) is 5.91 Å². The minimum atomic E-state index is -0.370. The molecule has 0 radical (unpaired) electrons. The lowest BCUT2D eigenvalue weighted by Crippen LogP contribution is -2.23. The Kier molecular flexibility index (Phi) is 3.10. The first kappa shape index (κ1) is 11.0. The minimum absolute atomic E-state index is 0.370. The molecule has 0 bridgehead atoms. The second-order valence-corrected chi connectivity index (χ2v) is 4.18. The maximum Gasteiger partial charge on any atom is 0.249 e. The first-order chi connectivity index (χ1) is 7.68. The number of benzene rings is 1. The van der Waals surface area contributed by atoms with Gasteiger partial charge in [-0.3, -0.25) is 4.79 Å². The summed E-state index contributed by atoms with van der Waals surface area (Å²) in [4.78, 5) is 11.2. The number of nitrogens with two attached hydrogens (primary N) is 1. The Morgan fingerprint density at radius 1 is 1.56 bits per heavy atom. The van der Waals surface area contributed by atoms with Crippen LogP contribution in [0, 0.1) is 6.92 Å². The Balaban J connectivity index is 2.20. The molecule has 4 heteroatoms. The van der Waals surface area contributed by atoms with Crippen molar-refractivity contribution in [1.29, 1.82) is 0 Å². The van der Waals surface area contributed by atoms with Gasteiger partial charge in [0.2, 0.25) is 5.91 Å². The maximum atomic E-state index is 11.2. The molecule has 16 heavy (non-hydrogen) atoms. The zero-order valence-electron chi connectivity index (χ0n) is 9.42. The molecular formula is C12H17N3O. The average molecular weight is 219 g/mol. The fourth-order valence-corrected chi connectivity index (χ4v) is 2.06. The molecule has 1 heterocycles. The summed E-state index contributed by atoms with van der Waals surface area (Å²) < 4.78 is 0. The second kappa shape index (κ2) is 4.53. The molecule has 1 fully saturated rings. The third-order valence-corrected chi connectivity index (χ3v) is 3.02. The van der Waals surface area contributed by atoms with Crippen LogP contribution in [0.25, 0.3) is 0 Å². The molecule has 0 saturated carbocycles. The van der Waals surface area contributed by atoms with Crippen LogP contribution in [-0.2, 0) is 0 Å². The van der Waals surface area contributed by atoms with Crippen LogP contribution in [0.5, 0.6) is 0 Å². The third kappa shape index (κ3) is 2.17. The van der Waals surface area contributed by atoms with Crippen molar-refractivity contribution in [2.45, 2.75) is 19.4 Å².